The van der Waals surface area contributed by atoms with E-state index in [0.717, 1.165) is 32.3 Å². The summed E-state index contributed by atoms with van der Waals surface area (Å²) in [5, 5.41) is 20.5. The summed E-state index contributed by atoms with van der Waals surface area (Å²) in [7, 11) is 0. The molecule has 148 valence electrons. The molecule has 4 aliphatic rings. The second kappa shape index (κ2) is 7.40. The first-order chi connectivity index (χ1) is 13.2. The van der Waals surface area contributed by atoms with Gasteiger partial charge >= 0.3 is 0 Å². The Morgan fingerprint density at radius 2 is 1.81 bits per heavy atom. The van der Waals surface area contributed by atoms with Crippen LogP contribution in [0.3, 0.4) is 0 Å². The highest BCUT2D eigenvalue weighted by atomic mass is 16.5. The van der Waals surface area contributed by atoms with Crippen LogP contribution in [0, 0.1) is 23.7 Å². The van der Waals surface area contributed by atoms with Crippen LogP contribution in [0.4, 0.5) is 0 Å². The summed E-state index contributed by atoms with van der Waals surface area (Å²) in [6, 6.07) is 6.06. The van der Waals surface area contributed by atoms with Gasteiger partial charge in [-0.3, -0.25) is 0 Å². The van der Waals surface area contributed by atoms with E-state index in [1.807, 2.05) is 12.1 Å². The lowest BCUT2D eigenvalue weighted by Crippen LogP contribution is -2.42. The van der Waals surface area contributed by atoms with Gasteiger partial charge in [0.25, 0.3) is 0 Å². The lowest BCUT2D eigenvalue weighted by molar-refractivity contribution is 0.000340. The Labute approximate surface area is 163 Å². The van der Waals surface area contributed by atoms with Crippen molar-refractivity contribution < 1.29 is 14.9 Å². The van der Waals surface area contributed by atoms with Gasteiger partial charge in [-0.05, 0) is 104 Å². The third kappa shape index (κ3) is 3.31. The largest absolute Gasteiger partial charge is 0.508 e. The number of aliphatic hydroxyl groups is 1. The third-order valence-electron chi connectivity index (χ3n) is 8.31. The Hall–Kier alpha value is -1.06. The zero-order chi connectivity index (χ0) is 18.4. The molecule has 0 aromatic heterocycles. The summed E-state index contributed by atoms with van der Waals surface area (Å²) in [6.07, 6.45) is 12.3. The van der Waals surface area contributed by atoms with Crippen LogP contribution in [0.2, 0.25) is 0 Å². The van der Waals surface area contributed by atoms with Crippen LogP contribution in [-0.2, 0) is 11.2 Å². The maximum absolute atomic E-state index is 10.6. The van der Waals surface area contributed by atoms with Crippen LogP contribution in [0.5, 0.6) is 5.75 Å². The van der Waals surface area contributed by atoms with Crippen LogP contribution >= 0.6 is 0 Å². The van der Waals surface area contributed by atoms with Gasteiger partial charge in [0, 0.05) is 6.61 Å². The molecule has 0 spiro atoms. The average molecular weight is 371 g/mol. The van der Waals surface area contributed by atoms with Crippen molar-refractivity contribution in [1.82, 2.24) is 0 Å². The van der Waals surface area contributed by atoms with E-state index in [1.54, 1.807) is 0 Å². The fraction of sp³-hybridized carbons (Fsp3) is 0.750. The molecule has 3 heteroatoms. The van der Waals surface area contributed by atoms with E-state index in [9.17, 15) is 10.2 Å². The van der Waals surface area contributed by atoms with E-state index in [4.69, 9.17) is 4.74 Å². The minimum absolute atomic E-state index is 0.0876. The highest BCUT2D eigenvalue weighted by Crippen LogP contribution is 2.58. The summed E-state index contributed by atoms with van der Waals surface area (Å²) in [5.41, 5.74) is 2.84. The smallest absolute Gasteiger partial charge is 0.115 e. The summed E-state index contributed by atoms with van der Waals surface area (Å²) in [6.45, 7) is 0.874. The quantitative estimate of drug-likeness (QED) is 0.801. The van der Waals surface area contributed by atoms with Crippen LogP contribution in [0.15, 0.2) is 18.2 Å². The molecule has 0 heterocycles. The number of aromatic hydroxyl groups is 1. The van der Waals surface area contributed by atoms with Crippen LogP contribution in [0.25, 0.3) is 0 Å². The van der Waals surface area contributed by atoms with Gasteiger partial charge in [-0.25, -0.2) is 0 Å². The summed E-state index contributed by atoms with van der Waals surface area (Å²) < 4.78 is 6.23. The van der Waals surface area contributed by atoms with Crippen molar-refractivity contribution in [3.8, 4) is 5.75 Å². The van der Waals surface area contributed by atoms with Gasteiger partial charge in [-0.15, -0.1) is 0 Å². The normalized spacial score (nSPS) is 38.4. The molecule has 4 unspecified atom stereocenters. The van der Waals surface area contributed by atoms with E-state index < -0.39 is 0 Å². The SMILES string of the molecule is Oc1ccc2c(c1)CCC1C3CC[C@H](O)C3C[C@H](CCOC3CCCC3)C21. The molecule has 0 radical (unpaired) electrons. The molecule has 3 nitrogen and oxygen atoms in total. The average Bonchev–Trinajstić information content (AvgIpc) is 3.31. The predicted octanol–water partition coefficient (Wildman–Crippen LogP) is 4.79. The predicted molar refractivity (Wildman–Crippen MR) is 106 cm³/mol. The van der Waals surface area contributed by atoms with E-state index >= 15 is 0 Å². The molecule has 0 amide bonds. The van der Waals surface area contributed by atoms with Gasteiger partial charge in [0.1, 0.15) is 5.75 Å². The maximum Gasteiger partial charge on any atom is 0.115 e. The number of benzene rings is 1. The molecule has 27 heavy (non-hydrogen) atoms. The van der Waals surface area contributed by atoms with Crippen molar-refractivity contribution in [1.29, 1.82) is 0 Å². The van der Waals surface area contributed by atoms with E-state index in [-0.39, 0.29) is 6.10 Å². The maximum atomic E-state index is 10.6. The highest BCUT2D eigenvalue weighted by Gasteiger charge is 2.51. The number of hydrogen-bond acceptors (Lipinski definition) is 3. The Kier molecular flexibility index (Phi) is 4.94. The molecular formula is C24H34O3. The molecule has 0 aliphatic heterocycles. The highest BCUT2D eigenvalue weighted by molar-refractivity contribution is 5.40. The van der Waals surface area contributed by atoms with E-state index in [2.05, 4.69) is 6.07 Å². The minimum Gasteiger partial charge on any atom is -0.508 e. The molecule has 2 N–H and O–H groups in total. The van der Waals surface area contributed by atoms with Gasteiger partial charge < -0.3 is 14.9 Å². The van der Waals surface area contributed by atoms with E-state index in [0.29, 0.717) is 41.4 Å². The fourth-order valence-corrected chi connectivity index (χ4v) is 7.12. The summed E-state index contributed by atoms with van der Waals surface area (Å²) in [4.78, 5) is 0. The number of aliphatic hydroxyl groups excluding tert-OH is 1. The molecule has 3 fully saturated rings. The van der Waals surface area contributed by atoms with Gasteiger partial charge in [-0.2, -0.15) is 0 Å². The first kappa shape index (κ1) is 18.0. The Morgan fingerprint density at radius 1 is 0.963 bits per heavy atom. The molecule has 0 saturated heterocycles. The number of phenols is 1. The van der Waals surface area contributed by atoms with Crippen LogP contribution in [0.1, 0.15) is 74.8 Å². The third-order valence-corrected chi connectivity index (χ3v) is 8.31. The lowest BCUT2D eigenvalue weighted by Gasteiger charge is -2.49. The Morgan fingerprint density at radius 3 is 2.67 bits per heavy atom. The Balaban J connectivity index is 1.38. The van der Waals surface area contributed by atoms with Gasteiger partial charge in [0.15, 0.2) is 0 Å². The minimum atomic E-state index is -0.0876. The second-order valence-electron chi connectivity index (χ2n) is 9.65. The standard InChI is InChI=1S/C24H34O3/c25-17-6-8-19-15(13-17)5-7-21-20-9-10-23(26)22(20)14-16(24(19)21)11-12-27-18-3-1-2-4-18/h6,8,13,16,18,20-26H,1-5,7,9-12,14H2/t16-,20?,21?,22?,23-,24?/m0/s1. The second-order valence-corrected chi connectivity index (χ2v) is 9.65. The van der Waals surface area contributed by atoms with Crippen molar-refractivity contribution in [3.63, 3.8) is 0 Å². The lowest BCUT2D eigenvalue weighted by atomic mass is 9.56. The van der Waals surface area contributed by atoms with Gasteiger partial charge in [0.2, 0.25) is 0 Å². The van der Waals surface area contributed by atoms with E-state index in [1.165, 1.54) is 49.7 Å². The molecule has 1 aromatic rings. The number of hydrogen-bond donors (Lipinski definition) is 2. The fourth-order valence-electron chi connectivity index (χ4n) is 7.12. The number of rotatable bonds is 4. The van der Waals surface area contributed by atoms with Crippen molar-refractivity contribution in [3.05, 3.63) is 29.3 Å². The van der Waals surface area contributed by atoms with Crippen molar-refractivity contribution >= 4 is 0 Å². The van der Waals surface area contributed by atoms with Gasteiger partial charge in [-0.1, -0.05) is 18.9 Å². The molecule has 0 bridgehead atoms. The number of phenolic OH excluding ortho intramolecular Hbond substituents is 1. The van der Waals surface area contributed by atoms with Crippen molar-refractivity contribution in [2.24, 2.45) is 23.7 Å². The topological polar surface area (TPSA) is 49.7 Å². The summed E-state index contributed by atoms with van der Waals surface area (Å²) in [5.74, 6) is 3.50. The number of ether oxygens (including phenoxy) is 1. The van der Waals surface area contributed by atoms with Crippen molar-refractivity contribution in [2.45, 2.75) is 82.3 Å². The first-order valence-electron chi connectivity index (χ1n) is 11.3. The Bertz CT molecular complexity index is 666. The number of fused-ring (bicyclic) bond motifs is 5. The molecule has 1 aromatic carbocycles. The zero-order valence-electron chi connectivity index (χ0n) is 16.4. The van der Waals surface area contributed by atoms with Gasteiger partial charge in [0.05, 0.1) is 12.2 Å². The van der Waals surface area contributed by atoms with Crippen molar-refractivity contribution in [2.75, 3.05) is 6.61 Å². The molecule has 5 rings (SSSR count). The molecule has 6 atom stereocenters. The molecule has 3 saturated carbocycles. The molecular weight excluding hydrogens is 336 g/mol. The first-order valence-corrected chi connectivity index (χ1v) is 11.3. The van der Waals surface area contributed by atoms with Crippen LogP contribution in [-0.4, -0.2) is 29.0 Å². The van der Waals surface area contributed by atoms with Crippen LogP contribution < -0.4 is 0 Å². The molecule has 4 aliphatic carbocycles. The zero-order valence-corrected chi connectivity index (χ0v) is 16.4. The monoisotopic (exact) mass is 370 g/mol. The number of aryl methyl sites for hydroxylation is 1. The summed E-state index contributed by atoms with van der Waals surface area (Å²) >= 11 is 0.